The van der Waals surface area contributed by atoms with Gasteiger partial charge in [-0.15, -0.1) is 0 Å². The van der Waals surface area contributed by atoms with Crippen molar-refractivity contribution in [2.24, 2.45) is 11.8 Å². The minimum atomic E-state index is 0.566. The van der Waals surface area contributed by atoms with Crippen molar-refractivity contribution >= 4 is 11.5 Å². The van der Waals surface area contributed by atoms with Gasteiger partial charge in [0.1, 0.15) is 11.5 Å². The van der Waals surface area contributed by atoms with E-state index in [9.17, 15) is 0 Å². The van der Waals surface area contributed by atoms with Crippen molar-refractivity contribution in [3.8, 4) is 0 Å². The summed E-state index contributed by atoms with van der Waals surface area (Å²) < 4.78 is 2.36. The molecule has 0 atom stereocenters. The predicted molar refractivity (Wildman–Crippen MR) is 106 cm³/mol. The van der Waals surface area contributed by atoms with E-state index in [4.69, 9.17) is 4.98 Å². The molecule has 4 heteroatoms. The summed E-state index contributed by atoms with van der Waals surface area (Å²) >= 11 is 0. The lowest BCUT2D eigenvalue weighted by Gasteiger charge is -2.24. The first-order valence-electron chi connectivity index (χ1n) is 9.18. The molecule has 0 aliphatic carbocycles. The molecule has 0 saturated heterocycles. The standard InChI is InChI=1S/C20H36N4/c1-9-12-23(8)17(7)19-20(21-10-2)22-18(14-16(5)6)24(19)13-11-15(3)4/h10,15-16,21H,2,7,9,11-14H2,1,3-6,8H3. The molecular weight excluding hydrogens is 296 g/mol. The second-order valence-corrected chi connectivity index (χ2v) is 7.37. The highest BCUT2D eigenvalue weighted by molar-refractivity contribution is 5.70. The van der Waals surface area contributed by atoms with Gasteiger partial charge >= 0.3 is 0 Å². The van der Waals surface area contributed by atoms with E-state index in [0.29, 0.717) is 11.8 Å². The number of imidazole rings is 1. The molecule has 0 aliphatic heterocycles. The molecule has 1 aromatic heterocycles. The SMILES string of the molecule is C=CNc1nc(CC(C)C)n(CCC(C)C)c1C(=C)N(C)CCC. The molecule has 1 N–H and O–H groups in total. The van der Waals surface area contributed by atoms with Crippen LogP contribution in [-0.2, 0) is 13.0 Å². The minimum absolute atomic E-state index is 0.566. The molecule has 0 fully saturated rings. The molecule has 0 spiro atoms. The fraction of sp³-hybridized carbons (Fsp3) is 0.650. The smallest absolute Gasteiger partial charge is 0.158 e. The molecule has 0 radical (unpaired) electrons. The van der Waals surface area contributed by atoms with Crippen LogP contribution in [0.15, 0.2) is 19.4 Å². The number of nitrogens with zero attached hydrogens (tertiary/aromatic N) is 3. The minimum Gasteiger partial charge on any atom is -0.373 e. The molecule has 0 aromatic carbocycles. The van der Waals surface area contributed by atoms with Crippen LogP contribution < -0.4 is 5.32 Å². The number of hydrogen-bond donors (Lipinski definition) is 1. The molecular formula is C20H36N4. The zero-order valence-corrected chi connectivity index (χ0v) is 16.5. The first-order chi connectivity index (χ1) is 11.3. The van der Waals surface area contributed by atoms with Gasteiger partial charge in [0.2, 0.25) is 0 Å². The largest absolute Gasteiger partial charge is 0.373 e. The number of hydrogen-bond acceptors (Lipinski definition) is 3. The van der Waals surface area contributed by atoms with Gasteiger partial charge in [-0.2, -0.15) is 0 Å². The average Bonchev–Trinajstić information content (AvgIpc) is 2.81. The summed E-state index contributed by atoms with van der Waals surface area (Å²) in [4.78, 5) is 7.09. The van der Waals surface area contributed by atoms with Crippen molar-refractivity contribution in [3.05, 3.63) is 30.9 Å². The molecule has 136 valence electrons. The van der Waals surface area contributed by atoms with Crippen molar-refractivity contribution in [2.45, 2.75) is 60.4 Å². The van der Waals surface area contributed by atoms with Gasteiger partial charge < -0.3 is 14.8 Å². The number of rotatable bonds is 11. The maximum Gasteiger partial charge on any atom is 0.158 e. The van der Waals surface area contributed by atoms with E-state index in [-0.39, 0.29) is 0 Å². The number of anilines is 1. The Balaban J connectivity index is 3.33. The Kier molecular flexibility index (Phi) is 8.09. The summed E-state index contributed by atoms with van der Waals surface area (Å²) in [5.74, 6) is 3.23. The maximum absolute atomic E-state index is 4.87. The summed E-state index contributed by atoms with van der Waals surface area (Å²) in [6, 6.07) is 0. The summed E-state index contributed by atoms with van der Waals surface area (Å²) in [7, 11) is 2.10. The van der Waals surface area contributed by atoms with Crippen LogP contribution in [0.1, 0.15) is 59.0 Å². The molecule has 1 rings (SSSR count). The third-order valence-electron chi connectivity index (χ3n) is 4.10. The Morgan fingerprint density at radius 2 is 1.96 bits per heavy atom. The lowest BCUT2D eigenvalue weighted by molar-refractivity contribution is 0.460. The molecule has 24 heavy (non-hydrogen) atoms. The molecule has 4 nitrogen and oxygen atoms in total. The van der Waals surface area contributed by atoms with Crippen molar-refractivity contribution < 1.29 is 0 Å². The van der Waals surface area contributed by atoms with Gasteiger partial charge in [0.25, 0.3) is 0 Å². The summed E-state index contributed by atoms with van der Waals surface area (Å²) in [5, 5.41) is 3.22. The van der Waals surface area contributed by atoms with Crippen LogP contribution in [0.3, 0.4) is 0 Å². The highest BCUT2D eigenvalue weighted by Gasteiger charge is 2.21. The summed E-state index contributed by atoms with van der Waals surface area (Å²) in [6.45, 7) is 21.3. The van der Waals surface area contributed by atoms with E-state index in [2.05, 4.69) is 69.6 Å². The van der Waals surface area contributed by atoms with Gasteiger partial charge in [-0.05, 0) is 30.9 Å². The first-order valence-corrected chi connectivity index (χ1v) is 9.18. The Hall–Kier alpha value is -1.71. The van der Waals surface area contributed by atoms with Gasteiger partial charge in [0, 0.05) is 26.6 Å². The van der Waals surface area contributed by atoms with E-state index in [1.165, 1.54) is 0 Å². The zero-order valence-electron chi connectivity index (χ0n) is 16.5. The van der Waals surface area contributed by atoms with Gasteiger partial charge in [-0.3, -0.25) is 0 Å². The second kappa shape index (κ2) is 9.55. The average molecular weight is 333 g/mol. The highest BCUT2D eigenvalue weighted by atomic mass is 15.2. The van der Waals surface area contributed by atoms with Crippen LogP contribution in [0.2, 0.25) is 0 Å². The van der Waals surface area contributed by atoms with E-state index in [1.807, 2.05) is 0 Å². The van der Waals surface area contributed by atoms with Gasteiger partial charge in [0.15, 0.2) is 5.82 Å². The molecule has 0 amide bonds. The van der Waals surface area contributed by atoms with Crippen molar-refractivity contribution in [2.75, 3.05) is 18.9 Å². The normalized spacial score (nSPS) is 11.2. The van der Waals surface area contributed by atoms with Crippen LogP contribution in [-0.4, -0.2) is 28.0 Å². The molecule has 0 unspecified atom stereocenters. The van der Waals surface area contributed by atoms with Gasteiger partial charge in [-0.25, -0.2) is 4.98 Å². The van der Waals surface area contributed by atoms with Crippen LogP contribution in [0.4, 0.5) is 5.82 Å². The predicted octanol–water partition coefficient (Wildman–Crippen LogP) is 5.00. The topological polar surface area (TPSA) is 33.1 Å². The molecule has 0 saturated carbocycles. The van der Waals surface area contributed by atoms with Crippen LogP contribution in [0.25, 0.3) is 5.70 Å². The monoisotopic (exact) mass is 332 g/mol. The van der Waals surface area contributed by atoms with Crippen molar-refractivity contribution in [1.82, 2.24) is 14.5 Å². The first kappa shape index (κ1) is 20.3. The molecule has 1 heterocycles. The molecule has 0 aliphatic rings. The van der Waals surface area contributed by atoms with Gasteiger partial charge in [-0.1, -0.05) is 47.8 Å². The van der Waals surface area contributed by atoms with Gasteiger partial charge in [0.05, 0.1) is 5.70 Å². The third-order valence-corrected chi connectivity index (χ3v) is 4.10. The Morgan fingerprint density at radius 1 is 1.29 bits per heavy atom. The highest BCUT2D eigenvalue weighted by Crippen LogP contribution is 2.28. The molecule has 1 aromatic rings. The second-order valence-electron chi connectivity index (χ2n) is 7.37. The van der Waals surface area contributed by atoms with E-state index in [0.717, 1.165) is 55.4 Å². The summed E-state index contributed by atoms with van der Waals surface area (Å²) in [6.07, 6.45) is 4.89. The van der Waals surface area contributed by atoms with Crippen molar-refractivity contribution in [1.29, 1.82) is 0 Å². The molecule has 0 bridgehead atoms. The van der Waals surface area contributed by atoms with E-state index >= 15 is 0 Å². The van der Waals surface area contributed by atoms with Crippen LogP contribution >= 0.6 is 0 Å². The summed E-state index contributed by atoms with van der Waals surface area (Å²) in [5.41, 5.74) is 2.12. The lowest BCUT2D eigenvalue weighted by atomic mass is 10.1. The zero-order chi connectivity index (χ0) is 18.3. The Bertz CT molecular complexity index is 540. The van der Waals surface area contributed by atoms with Crippen LogP contribution in [0, 0.1) is 11.8 Å². The third kappa shape index (κ3) is 5.43. The fourth-order valence-electron chi connectivity index (χ4n) is 2.79. The number of aromatic nitrogens is 2. The van der Waals surface area contributed by atoms with E-state index in [1.54, 1.807) is 6.20 Å². The lowest BCUT2D eigenvalue weighted by Crippen LogP contribution is -2.20. The fourth-order valence-corrected chi connectivity index (χ4v) is 2.79. The van der Waals surface area contributed by atoms with Crippen LogP contribution in [0.5, 0.6) is 0 Å². The maximum atomic E-state index is 4.87. The quantitative estimate of drug-likeness (QED) is 0.619. The number of nitrogens with one attached hydrogen (secondary N) is 1. The Labute approximate surface area is 148 Å². The van der Waals surface area contributed by atoms with E-state index < -0.39 is 0 Å². The Morgan fingerprint density at radius 3 is 2.46 bits per heavy atom. The van der Waals surface area contributed by atoms with Crippen molar-refractivity contribution in [3.63, 3.8) is 0 Å².